The van der Waals surface area contributed by atoms with Crippen molar-refractivity contribution in [2.45, 2.75) is 57.1 Å². The third-order valence-electron chi connectivity index (χ3n) is 6.97. The van der Waals surface area contributed by atoms with Gasteiger partial charge >= 0.3 is 0 Å². The molecular weight excluding hydrogens is 594 g/mol. The largest absolute Gasteiger partial charge is 0.350 e. The van der Waals surface area contributed by atoms with Gasteiger partial charge in [-0.25, -0.2) is 8.42 Å². The standard InChI is InChI=1S/C35H38ClN3O4S/c1-26-15-19-30(20-16-26)39(44(42,43)31-21-17-29(36)18-22-31)25-33(40)38(24-28-13-9-6-10-14-28)32(34(41)37-35(2,3)4)23-27-11-7-5-8-12-27/h5-22,32H,23-25H2,1-4H3,(H,37,41)/t32-/m1/s1. The maximum Gasteiger partial charge on any atom is 0.264 e. The molecule has 0 saturated carbocycles. The van der Waals surface area contributed by atoms with Crippen molar-refractivity contribution < 1.29 is 18.0 Å². The van der Waals surface area contributed by atoms with Gasteiger partial charge in [0.1, 0.15) is 12.6 Å². The van der Waals surface area contributed by atoms with Gasteiger partial charge in [-0.2, -0.15) is 0 Å². The summed E-state index contributed by atoms with van der Waals surface area (Å²) >= 11 is 6.05. The minimum Gasteiger partial charge on any atom is -0.350 e. The van der Waals surface area contributed by atoms with Crippen molar-refractivity contribution in [1.82, 2.24) is 10.2 Å². The lowest BCUT2D eigenvalue weighted by molar-refractivity contribution is -0.140. The van der Waals surface area contributed by atoms with E-state index in [-0.39, 0.29) is 23.8 Å². The molecule has 0 aliphatic rings. The van der Waals surface area contributed by atoms with E-state index < -0.39 is 34.1 Å². The molecule has 0 aliphatic carbocycles. The molecule has 4 rings (SSSR count). The van der Waals surface area contributed by atoms with E-state index in [2.05, 4.69) is 5.32 Å². The SMILES string of the molecule is Cc1ccc(N(CC(=O)N(Cc2ccccc2)[C@H](Cc2ccccc2)C(=O)NC(C)(C)C)S(=O)(=O)c2ccc(Cl)cc2)cc1. The molecule has 4 aromatic rings. The van der Waals surface area contributed by atoms with Crippen molar-refractivity contribution in [2.24, 2.45) is 0 Å². The quantitative estimate of drug-likeness (QED) is 0.208. The highest BCUT2D eigenvalue weighted by atomic mass is 35.5. The summed E-state index contributed by atoms with van der Waals surface area (Å²) < 4.78 is 29.2. The lowest BCUT2D eigenvalue weighted by atomic mass is 10.0. The van der Waals surface area contributed by atoms with E-state index in [0.717, 1.165) is 21.0 Å². The van der Waals surface area contributed by atoms with E-state index in [1.807, 2.05) is 88.4 Å². The van der Waals surface area contributed by atoms with Crippen LogP contribution < -0.4 is 9.62 Å². The number of sulfonamides is 1. The minimum atomic E-state index is -4.19. The Bertz CT molecular complexity index is 1660. The highest BCUT2D eigenvalue weighted by Gasteiger charge is 2.35. The molecule has 9 heteroatoms. The van der Waals surface area contributed by atoms with Crippen LogP contribution in [-0.4, -0.2) is 43.3 Å². The third-order valence-corrected chi connectivity index (χ3v) is 9.01. The van der Waals surface area contributed by atoms with Gasteiger partial charge < -0.3 is 10.2 Å². The van der Waals surface area contributed by atoms with E-state index in [4.69, 9.17) is 11.6 Å². The molecule has 0 fully saturated rings. The van der Waals surface area contributed by atoms with Crippen molar-refractivity contribution in [3.63, 3.8) is 0 Å². The lowest BCUT2D eigenvalue weighted by Gasteiger charge is -2.35. The Morgan fingerprint density at radius 2 is 1.34 bits per heavy atom. The summed E-state index contributed by atoms with van der Waals surface area (Å²) in [6.07, 6.45) is 0.246. The summed E-state index contributed by atoms with van der Waals surface area (Å²) in [5.74, 6) is -0.843. The molecule has 230 valence electrons. The molecule has 0 spiro atoms. The summed E-state index contributed by atoms with van der Waals surface area (Å²) in [4.78, 5) is 29.8. The number of carbonyl (C=O) groups excluding carboxylic acids is 2. The molecule has 0 radical (unpaired) electrons. The monoisotopic (exact) mass is 631 g/mol. The van der Waals surface area contributed by atoms with Crippen molar-refractivity contribution in [2.75, 3.05) is 10.8 Å². The number of benzene rings is 4. The van der Waals surface area contributed by atoms with Gasteiger partial charge in [-0.1, -0.05) is 90.0 Å². The fraction of sp³-hybridized carbons (Fsp3) is 0.257. The summed E-state index contributed by atoms with van der Waals surface area (Å²) in [6, 6.07) is 30.7. The summed E-state index contributed by atoms with van der Waals surface area (Å²) in [6.45, 7) is 7.13. The predicted molar refractivity (Wildman–Crippen MR) is 176 cm³/mol. The first-order valence-electron chi connectivity index (χ1n) is 14.4. The van der Waals surface area contributed by atoms with Gasteiger partial charge in [-0.15, -0.1) is 0 Å². The molecule has 7 nitrogen and oxygen atoms in total. The van der Waals surface area contributed by atoms with E-state index >= 15 is 0 Å². The fourth-order valence-electron chi connectivity index (χ4n) is 4.76. The molecule has 0 saturated heterocycles. The number of nitrogens with zero attached hydrogens (tertiary/aromatic N) is 2. The smallest absolute Gasteiger partial charge is 0.264 e. The number of hydrogen-bond acceptors (Lipinski definition) is 4. The molecular formula is C35H38ClN3O4S. The second-order valence-corrected chi connectivity index (χ2v) is 14.1. The zero-order chi connectivity index (χ0) is 31.9. The molecule has 0 heterocycles. The zero-order valence-corrected chi connectivity index (χ0v) is 27.0. The molecule has 44 heavy (non-hydrogen) atoms. The molecule has 0 aliphatic heterocycles. The number of rotatable bonds is 11. The summed E-state index contributed by atoms with van der Waals surface area (Å²) in [7, 11) is -4.19. The van der Waals surface area contributed by atoms with Crippen LogP contribution in [0, 0.1) is 6.92 Å². The van der Waals surface area contributed by atoms with Crippen LogP contribution >= 0.6 is 11.6 Å². The first kappa shape index (κ1) is 32.8. The van der Waals surface area contributed by atoms with Crippen LogP contribution in [0.15, 0.2) is 114 Å². The maximum atomic E-state index is 14.5. The molecule has 0 bridgehead atoms. The number of carbonyl (C=O) groups is 2. The van der Waals surface area contributed by atoms with Crippen molar-refractivity contribution in [3.8, 4) is 0 Å². The average Bonchev–Trinajstić information content (AvgIpc) is 2.98. The van der Waals surface area contributed by atoms with E-state index in [0.29, 0.717) is 10.7 Å². The number of nitrogens with one attached hydrogen (secondary N) is 1. The highest BCUT2D eigenvalue weighted by Crippen LogP contribution is 2.26. The molecule has 0 unspecified atom stereocenters. The predicted octanol–water partition coefficient (Wildman–Crippen LogP) is 6.40. The Hall–Kier alpha value is -4.14. The van der Waals surface area contributed by atoms with Gasteiger partial charge in [0.15, 0.2) is 0 Å². The Labute approximate surface area is 265 Å². The van der Waals surface area contributed by atoms with Gasteiger partial charge in [0.25, 0.3) is 10.0 Å². The van der Waals surface area contributed by atoms with Gasteiger partial charge in [0.2, 0.25) is 11.8 Å². The Morgan fingerprint density at radius 3 is 1.89 bits per heavy atom. The Kier molecular flexibility index (Phi) is 10.5. The molecule has 1 N–H and O–H groups in total. The van der Waals surface area contributed by atoms with Crippen LogP contribution in [0.3, 0.4) is 0 Å². The van der Waals surface area contributed by atoms with Crippen LogP contribution in [-0.2, 0) is 32.6 Å². The van der Waals surface area contributed by atoms with Crippen molar-refractivity contribution in [3.05, 3.63) is 131 Å². The fourth-order valence-corrected chi connectivity index (χ4v) is 6.30. The van der Waals surface area contributed by atoms with Gasteiger partial charge in [0, 0.05) is 23.5 Å². The second kappa shape index (κ2) is 14.1. The summed E-state index contributed by atoms with van der Waals surface area (Å²) in [5, 5.41) is 3.43. The first-order valence-corrected chi connectivity index (χ1v) is 16.2. The van der Waals surface area contributed by atoms with Crippen LogP contribution in [0.1, 0.15) is 37.5 Å². The van der Waals surface area contributed by atoms with Crippen molar-refractivity contribution >= 4 is 39.1 Å². The van der Waals surface area contributed by atoms with E-state index in [9.17, 15) is 18.0 Å². The molecule has 1 atom stereocenters. The number of anilines is 1. The van der Waals surface area contributed by atoms with E-state index in [1.165, 1.54) is 29.2 Å². The lowest BCUT2D eigenvalue weighted by Crippen LogP contribution is -2.56. The maximum absolute atomic E-state index is 14.5. The van der Waals surface area contributed by atoms with Crippen molar-refractivity contribution in [1.29, 1.82) is 0 Å². The molecule has 2 amide bonds. The highest BCUT2D eigenvalue weighted by molar-refractivity contribution is 7.92. The van der Waals surface area contributed by atoms with E-state index in [1.54, 1.807) is 24.3 Å². The normalized spacial score (nSPS) is 12.3. The van der Waals surface area contributed by atoms with Gasteiger partial charge in [-0.3, -0.25) is 13.9 Å². The van der Waals surface area contributed by atoms with Crippen LogP contribution in [0.4, 0.5) is 5.69 Å². The number of hydrogen-bond donors (Lipinski definition) is 1. The van der Waals surface area contributed by atoms with Gasteiger partial charge in [-0.05, 0) is 75.2 Å². The number of halogens is 1. The molecule has 4 aromatic carbocycles. The Balaban J connectivity index is 1.80. The van der Waals surface area contributed by atoms with Crippen LogP contribution in [0.5, 0.6) is 0 Å². The summed E-state index contributed by atoms with van der Waals surface area (Å²) in [5.41, 5.74) is 2.40. The second-order valence-electron chi connectivity index (χ2n) is 11.8. The minimum absolute atomic E-state index is 0.00352. The average molecular weight is 632 g/mol. The number of aryl methyl sites for hydroxylation is 1. The molecule has 0 aromatic heterocycles. The first-order chi connectivity index (χ1) is 20.8. The van der Waals surface area contributed by atoms with Gasteiger partial charge in [0.05, 0.1) is 10.6 Å². The van der Waals surface area contributed by atoms with Crippen LogP contribution in [0.2, 0.25) is 5.02 Å². The Morgan fingerprint density at radius 1 is 0.795 bits per heavy atom. The number of amides is 2. The third kappa shape index (κ3) is 8.71. The zero-order valence-electron chi connectivity index (χ0n) is 25.4. The van der Waals surface area contributed by atoms with Crippen LogP contribution in [0.25, 0.3) is 0 Å². The topological polar surface area (TPSA) is 86.8 Å².